The summed E-state index contributed by atoms with van der Waals surface area (Å²) in [6.07, 6.45) is 1.04. The molecule has 2 N–H and O–H groups in total. The Hall–Kier alpha value is -3.06. The van der Waals surface area contributed by atoms with E-state index in [1.165, 1.54) is 0 Å². The summed E-state index contributed by atoms with van der Waals surface area (Å²) in [6.45, 7) is 8.39. The van der Waals surface area contributed by atoms with Crippen molar-refractivity contribution in [1.29, 1.82) is 0 Å². The largest absolute Gasteiger partial charge is 0.324 e. The maximum atomic E-state index is 13.2. The highest BCUT2D eigenvalue weighted by Crippen LogP contribution is 2.32. The van der Waals surface area contributed by atoms with Gasteiger partial charge in [0.15, 0.2) is 0 Å². The van der Waals surface area contributed by atoms with Crippen LogP contribution in [0.3, 0.4) is 0 Å². The lowest BCUT2D eigenvalue weighted by atomic mass is 9.96. The summed E-state index contributed by atoms with van der Waals surface area (Å²) in [4.78, 5) is 24.1. The van der Waals surface area contributed by atoms with Gasteiger partial charge in [0.1, 0.15) is 0 Å². The Morgan fingerprint density at radius 1 is 1.14 bits per heavy atom. The molecule has 1 aromatic carbocycles. The average Bonchev–Trinajstić information content (AvgIpc) is 2.96. The lowest BCUT2D eigenvalue weighted by molar-refractivity contribution is -0.118. The molecular formula is C22H26N6O. The number of aromatic nitrogens is 4. The van der Waals surface area contributed by atoms with Crippen LogP contribution in [-0.2, 0) is 11.2 Å². The molecule has 0 saturated carbocycles. The van der Waals surface area contributed by atoms with Crippen molar-refractivity contribution in [3.8, 4) is 5.95 Å². The predicted molar refractivity (Wildman–Crippen MR) is 112 cm³/mol. The molecular weight excluding hydrogens is 364 g/mol. The smallest absolute Gasteiger partial charge is 0.251 e. The number of carbonyl (C=O) groups is 1. The molecule has 2 aromatic heterocycles. The monoisotopic (exact) mass is 390 g/mol. The van der Waals surface area contributed by atoms with Gasteiger partial charge in [-0.2, -0.15) is 5.10 Å². The predicted octanol–water partition coefficient (Wildman–Crippen LogP) is 2.88. The van der Waals surface area contributed by atoms with E-state index in [0.29, 0.717) is 12.5 Å². The quantitative estimate of drug-likeness (QED) is 0.743. The fourth-order valence-electron chi connectivity index (χ4n) is 4.02. The summed E-state index contributed by atoms with van der Waals surface area (Å²) in [5.41, 5.74) is 12.6. The van der Waals surface area contributed by atoms with Gasteiger partial charge in [-0.25, -0.2) is 14.6 Å². The summed E-state index contributed by atoms with van der Waals surface area (Å²) in [5, 5.41) is 4.62. The van der Waals surface area contributed by atoms with Crippen molar-refractivity contribution in [3.63, 3.8) is 0 Å². The second kappa shape index (κ2) is 7.40. The Kier molecular flexibility index (Phi) is 4.92. The molecule has 0 bridgehead atoms. The van der Waals surface area contributed by atoms with Gasteiger partial charge in [-0.15, -0.1) is 0 Å². The fraction of sp³-hybridized carbons (Fsp3) is 0.364. The van der Waals surface area contributed by atoms with E-state index in [-0.39, 0.29) is 18.4 Å². The third kappa shape index (κ3) is 3.53. The summed E-state index contributed by atoms with van der Waals surface area (Å²) in [5.74, 6) is 0.590. The first-order valence-electron chi connectivity index (χ1n) is 9.87. The van der Waals surface area contributed by atoms with E-state index in [0.717, 1.165) is 46.0 Å². The molecule has 150 valence electrons. The molecule has 0 spiro atoms. The topological polar surface area (TPSA) is 89.9 Å². The van der Waals surface area contributed by atoms with Crippen LogP contribution >= 0.6 is 0 Å². The zero-order valence-electron chi connectivity index (χ0n) is 17.3. The molecule has 7 heteroatoms. The van der Waals surface area contributed by atoms with Gasteiger partial charge in [-0.05, 0) is 51.8 Å². The minimum Gasteiger partial charge on any atom is -0.324 e. The zero-order chi connectivity index (χ0) is 20.7. The van der Waals surface area contributed by atoms with Crippen molar-refractivity contribution >= 4 is 11.6 Å². The Morgan fingerprint density at radius 3 is 2.55 bits per heavy atom. The van der Waals surface area contributed by atoms with Crippen molar-refractivity contribution in [2.45, 2.75) is 46.6 Å². The normalized spacial score (nSPS) is 16.0. The highest BCUT2D eigenvalue weighted by molar-refractivity contribution is 5.96. The molecule has 0 fully saturated rings. The van der Waals surface area contributed by atoms with Gasteiger partial charge in [0.25, 0.3) is 5.95 Å². The molecule has 1 aliphatic heterocycles. The lowest BCUT2D eigenvalue weighted by Gasteiger charge is -2.32. The van der Waals surface area contributed by atoms with Crippen LogP contribution in [0.5, 0.6) is 0 Å². The summed E-state index contributed by atoms with van der Waals surface area (Å²) >= 11 is 0. The highest BCUT2D eigenvalue weighted by Gasteiger charge is 2.28. The second-order valence-electron chi connectivity index (χ2n) is 7.69. The molecule has 1 unspecified atom stereocenters. The number of anilines is 1. The molecule has 1 atom stereocenters. The maximum Gasteiger partial charge on any atom is 0.251 e. The summed E-state index contributed by atoms with van der Waals surface area (Å²) in [7, 11) is 0. The number of hydrogen-bond donors (Lipinski definition) is 1. The first-order chi connectivity index (χ1) is 13.8. The number of nitrogens with two attached hydrogens (primary N) is 1. The number of rotatable bonds is 3. The first-order valence-corrected chi connectivity index (χ1v) is 9.87. The molecule has 4 rings (SSSR count). The second-order valence-corrected chi connectivity index (χ2v) is 7.69. The molecule has 0 saturated heterocycles. The Morgan fingerprint density at radius 2 is 1.83 bits per heavy atom. The van der Waals surface area contributed by atoms with Gasteiger partial charge in [-0.1, -0.05) is 18.2 Å². The van der Waals surface area contributed by atoms with Crippen LogP contribution in [0.2, 0.25) is 0 Å². The minimum atomic E-state index is -0.0248. The van der Waals surface area contributed by atoms with Crippen LogP contribution in [0, 0.1) is 27.7 Å². The van der Waals surface area contributed by atoms with Crippen LogP contribution in [0.4, 0.5) is 5.69 Å². The summed E-state index contributed by atoms with van der Waals surface area (Å²) in [6, 6.07) is 9.79. The Labute approximate surface area is 170 Å². The summed E-state index contributed by atoms with van der Waals surface area (Å²) < 4.78 is 1.73. The van der Waals surface area contributed by atoms with Crippen molar-refractivity contribution in [3.05, 3.63) is 64.2 Å². The number of aryl methyl sites for hydroxylation is 3. The minimum absolute atomic E-state index is 0.0248. The van der Waals surface area contributed by atoms with E-state index in [2.05, 4.69) is 15.1 Å². The third-order valence-electron chi connectivity index (χ3n) is 5.52. The van der Waals surface area contributed by atoms with Crippen LogP contribution < -0.4 is 10.6 Å². The van der Waals surface area contributed by atoms with E-state index >= 15 is 0 Å². The van der Waals surface area contributed by atoms with E-state index in [1.807, 2.05) is 62.9 Å². The van der Waals surface area contributed by atoms with E-state index < -0.39 is 0 Å². The highest BCUT2D eigenvalue weighted by atomic mass is 16.2. The van der Waals surface area contributed by atoms with Gasteiger partial charge in [0.2, 0.25) is 5.91 Å². The Bertz CT molecular complexity index is 1070. The molecule has 1 amide bonds. The molecule has 7 nitrogen and oxygen atoms in total. The van der Waals surface area contributed by atoms with Crippen LogP contribution in [0.15, 0.2) is 30.3 Å². The van der Waals surface area contributed by atoms with Gasteiger partial charge in [0.05, 0.1) is 12.1 Å². The Balaban J connectivity index is 1.65. The number of nitrogens with zero attached hydrogens (tertiary/aromatic N) is 5. The maximum absolute atomic E-state index is 13.2. The third-order valence-corrected chi connectivity index (χ3v) is 5.52. The molecule has 0 radical (unpaired) electrons. The molecule has 0 aliphatic carbocycles. The number of fused-ring (bicyclic) bond motifs is 1. The van der Waals surface area contributed by atoms with Crippen molar-refractivity contribution in [2.75, 3.05) is 11.4 Å². The van der Waals surface area contributed by atoms with Gasteiger partial charge in [-0.3, -0.25) is 4.79 Å². The number of benzene rings is 1. The SMILES string of the molecule is Cc1cc(C)nc(-n2nc(C)c(CC(=O)N3CCC(N)c4ccccc43)c2C)n1. The van der Waals surface area contributed by atoms with Crippen molar-refractivity contribution in [2.24, 2.45) is 5.73 Å². The number of carbonyl (C=O) groups excluding carboxylic acids is 1. The average molecular weight is 390 g/mol. The van der Waals surface area contributed by atoms with Crippen molar-refractivity contribution < 1.29 is 4.79 Å². The van der Waals surface area contributed by atoms with Gasteiger partial charge >= 0.3 is 0 Å². The van der Waals surface area contributed by atoms with E-state index in [1.54, 1.807) is 4.68 Å². The molecule has 1 aliphatic rings. The standard InChI is InChI=1S/C22H26N6O/c1-13-11-14(2)25-22(24-13)28-16(4)18(15(3)26-28)12-21(29)27-10-9-19(23)17-7-5-6-8-20(17)27/h5-8,11,19H,9-10,12,23H2,1-4H3. The molecule has 29 heavy (non-hydrogen) atoms. The first kappa shape index (κ1) is 19.3. The van der Waals surface area contributed by atoms with Gasteiger partial charge < -0.3 is 10.6 Å². The van der Waals surface area contributed by atoms with Crippen LogP contribution in [0.25, 0.3) is 5.95 Å². The fourth-order valence-corrected chi connectivity index (χ4v) is 4.02. The van der Waals surface area contributed by atoms with Gasteiger partial charge in [0, 0.05) is 40.9 Å². The molecule has 3 heterocycles. The van der Waals surface area contributed by atoms with Crippen LogP contribution in [-0.4, -0.2) is 32.2 Å². The van der Waals surface area contributed by atoms with Crippen molar-refractivity contribution in [1.82, 2.24) is 19.7 Å². The van der Waals surface area contributed by atoms with E-state index in [9.17, 15) is 4.79 Å². The zero-order valence-corrected chi connectivity index (χ0v) is 17.3. The molecule has 3 aromatic rings. The lowest BCUT2D eigenvalue weighted by Crippen LogP contribution is -2.39. The van der Waals surface area contributed by atoms with E-state index in [4.69, 9.17) is 5.73 Å². The number of hydrogen-bond acceptors (Lipinski definition) is 5. The number of para-hydroxylation sites is 1. The number of amides is 1. The van der Waals surface area contributed by atoms with Crippen LogP contribution in [0.1, 0.15) is 46.4 Å².